The van der Waals surface area contributed by atoms with E-state index < -0.39 is 17.7 Å². The van der Waals surface area contributed by atoms with E-state index in [2.05, 4.69) is 15.6 Å². The summed E-state index contributed by atoms with van der Waals surface area (Å²) < 4.78 is 1.39. The third-order valence-electron chi connectivity index (χ3n) is 4.04. The van der Waals surface area contributed by atoms with Crippen molar-refractivity contribution in [3.8, 4) is 5.69 Å². The van der Waals surface area contributed by atoms with Crippen LogP contribution >= 0.6 is 23.2 Å². The minimum Gasteiger partial charge on any atom is -0.364 e. The van der Waals surface area contributed by atoms with Gasteiger partial charge >= 0.3 is 0 Å². The molecule has 0 saturated heterocycles. The van der Waals surface area contributed by atoms with Crippen LogP contribution < -0.4 is 16.4 Å². The number of hydrogen-bond donors (Lipinski definition) is 3. The molecular formula is C19H15Cl2N5O3. The second kappa shape index (κ2) is 8.34. The van der Waals surface area contributed by atoms with Gasteiger partial charge in [0.2, 0.25) is 0 Å². The molecule has 10 heteroatoms. The van der Waals surface area contributed by atoms with Gasteiger partial charge in [0.05, 0.1) is 15.6 Å². The van der Waals surface area contributed by atoms with E-state index in [1.165, 1.54) is 17.9 Å². The fourth-order valence-electron chi connectivity index (χ4n) is 2.68. The molecule has 1 aromatic heterocycles. The van der Waals surface area contributed by atoms with E-state index in [0.29, 0.717) is 11.4 Å². The average Bonchev–Trinajstić information content (AvgIpc) is 3.13. The Labute approximate surface area is 175 Å². The van der Waals surface area contributed by atoms with Crippen molar-refractivity contribution < 1.29 is 14.4 Å². The van der Waals surface area contributed by atoms with Gasteiger partial charge in [-0.1, -0.05) is 29.3 Å². The number of benzene rings is 2. The van der Waals surface area contributed by atoms with Crippen LogP contribution in [0.15, 0.2) is 48.8 Å². The molecule has 0 fully saturated rings. The summed E-state index contributed by atoms with van der Waals surface area (Å²) in [6, 6.07) is 11.3. The third kappa shape index (κ3) is 4.08. The Hall–Kier alpha value is -3.36. The van der Waals surface area contributed by atoms with Crippen LogP contribution in [0.5, 0.6) is 0 Å². The number of anilines is 1. The van der Waals surface area contributed by atoms with Crippen LogP contribution in [0, 0.1) is 0 Å². The van der Waals surface area contributed by atoms with Gasteiger partial charge in [0.25, 0.3) is 17.7 Å². The van der Waals surface area contributed by atoms with Crippen molar-refractivity contribution in [3.05, 3.63) is 75.8 Å². The standard InChI is InChI=1S/C19H15Cl2N5O3/c1-23-19(29)15-16(17(22)27)26(9-24-15)11-7-5-10(6-8-11)25-18(28)14-12(20)3-2-4-13(14)21/h2-9H,1H3,(H2,22,27)(H,23,29)(H,25,28). The minimum atomic E-state index is -0.799. The lowest BCUT2D eigenvalue weighted by Gasteiger charge is -2.10. The quantitative estimate of drug-likeness (QED) is 0.574. The lowest BCUT2D eigenvalue weighted by atomic mass is 10.2. The summed E-state index contributed by atoms with van der Waals surface area (Å²) in [4.78, 5) is 40.1. The number of amides is 3. The van der Waals surface area contributed by atoms with E-state index in [0.717, 1.165) is 0 Å². The van der Waals surface area contributed by atoms with Crippen LogP contribution in [0.25, 0.3) is 5.69 Å². The predicted molar refractivity (Wildman–Crippen MR) is 110 cm³/mol. The van der Waals surface area contributed by atoms with Crippen molar-refractivity contribution in [2.24, 2.45) is 5.73 Å². The normalized spacial score (nSPS) is 10.4. The van der Waals surface area contributed by atoms with Crippen LogP contribution in [0.1, 0.15) is 31.3 Å². The van der Waals surface area contributed by atoms with Crippen LogP contribution in [0.3, 0.4) is 0 Å². The van der Waals surface area contributed by atoms with Gasteiger partial charge in [-0.3, -0.25) is 19.0 Å². The highest BCUT2D eigenvalue weighted by Gasteiger charge is 2.22. The fourth-order valence-corrected chi connectivity index (χ4v) is 3.25. The number of hydrogen-bond acceptors (Lipinski definition) is 4. The summed E-state index contributed by atoms with van der Waals surface area (Å²) in [5.41, 5.74) is 6.45. The molecule has 3 amide bonds. The second-order valence-corrected chi connectivity index (χ2v) is 6.67. The number of primary amides is 1. The molecule has 0 bridgehead atoms. The Kier molecular flexibility index (Phi) is 5.86. The molecule has 1 heterocycles. The molecule has 0 atom stereocenters. The van der Waals surface area contributed by atoms with Gasteiger partial charge < -0.3 is 16.4 Å². The number of nitrogens with two attached hydrogens (primary N) is 1. The number of carbonyl (C=O) groups is 3. The Morgan fingerprint density at radius 3 is 2.17 bits per heavy atom. The molecule has 0 saturated carbocycles. The highest BCUT2D eigenvalue weighted by atomic mass is 35.5. The van der Waals surface area contributed by atoms with Crippen molar-refractivity contribution in [3.63, 3.8) is 0 Å². The predicted octanol–water partition coefficient (Wildman–Crippen LogP) is 2.89. The lowest BCUT2D eigenvalue weighted by Crippen LogP contribution is -2.25. The molecule has 3 aromatic rings. The molecule has 0 aliphatic carbocycles. The molecule has 3 rings (SSSR count). The molecule has 0 unspecified atom stereocenters. The van der Waals surface area contributed by atoms with Crippen molar-refractivity contribution in [1.82, 2.24) is 14.9 Å². The first-order valence-electron chi connectivity index (χ1n) is 8.28. The van der Waals surface area contributed by atoms with E-state index in [1.54, 1.807) is 42.5 Å². The number of aromatic nitrogens is 2. The lowest BCUT2D eigenvalue weighted by molar-refractivity contribution is 0.0937. The van der Waals surface area contributed by atoms with Gasteiger partial charge in [0, 0.05) is 18.4 Å². The summed E-state index contributed by atoms with van der Waals surface area (Å²) in [6.45, 7) is 0. The van der Waals surface area contributed by atoms with Gasteiger partial charge in [-0.15, -0.1) is 0 Å². The summed E-state index contributed by atoms with van der Waals surface area (Å²) in [5, 5.41) is 5.57. The van der Waals surface area contributed by atoms with Gasteiger partial charge in [-0.2, -0.15) is 0 Å². The zero-order chi connectivity index (χ0) is 21.1. The third-order valence-corrected chi connectivity index (χ3v) is 4.67. The van der Waals surface area contributed by atoms with Crippen LogP contribution in [0.2, 0.25) is 10.0 Å². The maximum absolute atomic E-state index is 12.5. The van der Waals surface area contributed by atoms with Crippen molar-refractivity contribution in [2.75, 3.05) is 12.4 Å². The topological polar surface area (TPSA) is 119 Å². The highest BCUT2D eigenvalue weighted by molar-refractivity contribution is 6.40. The molecule has 4 N–H and O–H groups in total. The monoisotopic (exact) mass is 431 g/mol. The Bertz CT molecular complexity index is 1090. The van der Waals surface area contributed by atoms with E-state index >= 15 is 0 Å². The zero-order valence-corrected chi connectivity index (χ0v) is 16.6. The Balaban J connectivity index is 1.88. The second-order valence-electron chi connectivity index (χ2n) is 5.85. The van der Waals surface area contributed by atoms with Gasteiger partial charge in [-0.25, -0.2) is 4.98 Å². The van der Waals surface area contributed by atoms with Crippen molar-refractivity contribution in [2.45, 2.75) is 0 Å². The maximum Gasteiger partial charge on any atom is 0.272 e. The first-order chi connectivity index (χ1) is 13.8. The summed E-state index contributed by atoms with van der Waals surface area (Å²) in [5.74, 6) is -1.79. The van der Waals surface area contributed by atoms with Crippen LogP contribution in [-0.4, -0.2) is 34.3 Å². The average molecular weight is 432 g/mol. The van der Waals surface area contributed by atoms with Gasteiger partial charge in [0.1, 0.15) is 12.0 Å². The largest absolute Gasteiger partial charge is 0.364 e. The first-order valence-corrected chi connectivity index (χ1v) is 9.04. The Morgan fingerprint density at radius 2 is 1.62 bits per heavy atom. The van der Waals surface area contributed by atoms with E-state index in [-0.39, 0.29) is 27.0 Å². The molecular weight excluding hydrogens is 417 g/mol. The van der Waals surface area contributed by atoms with Crippen LogP contribution in [-0.2, 0) is 0 Å². The molecule has 2 aromatic carbocycles. The SMILES string of the molecule is CNC(=O)c1ncn(-c2ccc(NC(=O)c3c(Cl)cccc3Cl)cc2)c1C(N)=O. The molecule has 148 valence electrons. The van der Waals surface area contributed by atoms with Crippen molar-refractivity contribution >= 4 is 46.6 Å². The summed E-state index contributed by atoms with van der Waals surface area (Å²) in [6.07, 6.45) is 1.32. The first kappa shape index (κ1) is 20.4. The van der Waals surface area contributed by atoms with E-state index in [4.69, 9.17) is 28.9 Å². The molecule has 8 nitrogen and oxygen atoms in total. The summed E-state index contributed by atoms with van der Waals surface area (Å²) in [7, 11) is 1.43. The molecule has 0 aliphatic rings. The number of imidazole rings is 1. The maximum atomic E-state index is 12.5. The fraction of sp³-hybridized carbons (Fsp3) is 0.0526. The van der Waals surface area contributed by atoms with Gasteiger partial charge in [0.15, 0.2) is 5.69 Å². The zero-order valence-electron chi connectivity index (χ0n) is 15.1. The number of carbonyl (C=O) groups excluding carboxylic acids is 3. The van der Waals surface area contributed by atoms with Gasteiger partial charge in [-0.05, 0) is 36.4 Å². The molecule has 29 heavy (non-hydrogen) atoms. The minimum absolute atomic E-state index is 0.0519. The Morgan fingerprint density at radius 1 is 1.00 bits per heavy atom. The van der Waals surface area contributed by atoms with Crippen molar-refractivity contribution in [1.29, 1.82) is 0 Å². The summed E-state index contributed by atoms with van der Waals surface area (Å²) >= 11 is 12.1. The smallest absolute Gasteiger partial charge is 0.272 e. The van der Waals surface area contributed by atoms with E-state index in [1.807, 2.05) is 0 Å². The van der Waals surface area contributed by atoms with Crippen LogP contribution in [0.4, 0.5) is 5.69 Å². The number of nitrogens with one attached hydrogen (secondary N) is 2. The molecule has 0 aliphatic heterocycles. The molecule has 0 radical (unpaired) electrons. The molecule has 0 spiro atoms. The number of halogens is 2. The number of rotatable bonds is 5. The highest BCUT2D eigenvalue weighted by Crippen LogP contribution is 2.25. The number of nitrogens with zero attached hydrogens (tertiary/aromatic N) is 2. The van der Waals surface area contributed by atoms with E-state index in [9.17, 15) is 14.4 Å².